The largest absolute Gasteiger partial charge is 0.507 e. The highest BCUT2D eigenvalue weighted by Gasteiger charge is 2.12. The normalized spacial score (nSPS) is 14.3. The summed E-state index contributed by atoms with van der Waals surface area (Å²) in [6.45, 7) is 2.83. The lowest BCUT2D eigenvalue weighted by Crippen LogP contribution is -2.21. The highest BCUT2D eigenvalue weighted by Crippen LogP contribution is 2.32. The Balaban J connectivity index is 2.08. The van der Waals surface area contributed by atoms with E-state index < -0.39 is 10.8 Å². The predicted molar refractivity (Wildman–Crippen MR) is 85.6 cm³/mol. The number of fused-ring (bicyclic) bond motifs is 1. The van der Waals surface area contributed by atoms with Crippen molar-refractivity contribution < 1.29 is 9.32 Å². The van der Waals surface area contributed by atoms with Crippen LogP contribution in [-0.4, -0.2) is 27.9 Å². The van der Waals surface area contributed by atoms with E-state index in [1.54, 1.807) is 6.26 Å². The van der Waals surface area contributed by atoms with Crippen LogP contribution in [0.5, 0.6) is 5.75 Å². The fraction of sp³-hybridized carbons (Fsp3) is 0.375. The molecule has 2 N–H and O–H groups in total. The number of hydrogen-bond donors (Lipinski definition) is 2. The molecule has 0 aliphatic heterocycles. The van der Waals surface area contributed by atoms with Gasteiger partial charge in [-0.05, 0) is 25.3 Å². The van der Waals surface area contributed by atoms with Crippen molar-refractivity contribution in [2.45, 2.75) is 19.4 Å². The Morgan fingerprint density at radius 1 is 1.25 bits per heavy atom. The molecule has 0 saturated heterocycles. The molecule has 2 aromatic carbocycles. The molecule has 0 heterocycles. The van der Waals surface area contributed by atoms with E-state index in [9.17, 15) is 9.32 Å². The second-order valence-corrected chi connectivity index (χ2v) is 6.59. The first-order valence-corrected chi connectivity index (χ1v) is 8.56. The summed E-state index contributed by atoms with van der Waals surface area (Å²) >= 11 is 0. The zero-order chi connectivity index (χ0) is 14.5. The summed E-state index contributed by atoms with van der Waals surface area (Å²) in [5.41, 5.74) is 0.904. The van der Waals surface area contributed by atoms with Crippen LogP contribution in [0, 0.1) is 0 Å². The lowest BCUT2D eigenvalue weighted by molar-refractivity contribution is 0.458. The molecule has 108 valence electrons. The van der Waals surface area contributed by atoms with Crippen LogP contribution in [0.1, 0.15) is 24.9 Å². The molecule has 4 heteroatoms. The molecule has 0 bridgehead atoms. The number of hydrogen-bond acceptors (Lipinski definition) is 3. The molecular weight excluding hydrogens is 270 g/mol. The zero-order valence-corrected chi connectivity index (χ0v) is 12.7. The van der Waals surface area contributed by atoms with E-state index >= 15 is 0 Å². The molecule has 3 nitrogen and oxygen atoms in total. The van der Waals surface area contributed by atoms with Crippen LogP contribution in [0.2, 0.25) is 0 Å². The Morgan fingerprint density at radius 3 is 2.75 bits per heavy atom. The van der Waals surface area contributed by atoms with Gasteiger partial charge in [0, 0.05) is 39.8 Å². The van der Waals surface area contributed by atoms with Gasteiger partial charge in [-0.15, -0.1) is 0 Å². The highest BCUT2D eigenvalue weighted by molar-refractivity contribution is 7.84. The molecule has 20 heavy (non-hydrogen) atoms. The molecule has 0 aromatic heterocycles. The summed E-state index contributed by atoms with van der Waals surface area (Å²) in [5, 5.41) is 15.7. The van der Waals surface area contributed by atoms with Gasteiger partial charge in [0.15, 0.2) is 0 Å². The van der Waals surface area contributed by atoms with Crippen LogP contribution in [-0.2, 0) is 10.8 Å². The second-order valence-electron chi connectivity index (χ2n) is 5.03. The lowest BCUT2D eigenvalue weighted by Gasteiger charge is -2.16. The zero-order valence-electron chi connectivity index (χ0n) is 11.9. The molecule has 0 aliphatic carbocycles. The van der Waals surface area contributed by atoms with Gasteiger partial charge in [0.2, 0.25) is 0 Å². The van der Waals surface area contributed by atoms with E-state index in [0.717, 1.165) is 29.3 Å². The first-order valence-electron chi connectivity index (χ1n) is 6.83. The molecule has 2 unspecified atom stereocenters. The predicted octanol–water partition coefficient (Wildman–Crippen LogP) is 2.96. The Hall–Kier alpha value is -1.39. The molecule has 2 rings (SSSR count). The van der Waals surface area contributed by atoms with Crippen molar-refractivity contribution in [3.05, 3.63) is 42.0 Å². The van der Waals surface area contributed by atoms with E-state index in [-0.39, 0.29) is 6.04 Å². The number of nitrogens with one attached hydrogen (secondary N) is 1. The minimum Gasteiger partial charge on any atom is -0.507 e. The van der Waals surface area contributed by atoms with Crippen LogP contribution < -0.4 is 5.32 Å². The first-order chi connectivity index (χ1) is 9.59. The quantitative estimate of drug-likeness (QED) is 0.805. The van der Waals surface area contributed by atoms with Gasteiger partial charge in [0.05, 0.1) is 0 Å². The SMILES string of the molecule is CC(NCCCS(C)=O)c1ccc2ccccc2c1O. The summed E-state index contributed by atoms with van der Waals surface area (Å²) < 4.78 is 11.0. The number of benzene rings is 2. The van der Waals surface area contributed by atoms with Gasteiger partial charge in [-0.1, -0.05) is 36.4 Å². The van der Waals surface area contributed by atoms with E-state index in [2.05, 4.69) is 5.32 Å². The van der Waals surface area contributed by atoms with Gasteiger partial charge in [-0.3, -0.25) is 4.21 Å². The number of phenols is 1. The fourth-order valence-corrected chi connectivity index (χ4v) is 2.88. The molecule has 2 atom stereocenters. The maximum absolute atomic E-state index is 11.0. The van der Waals surface area contributed by atoms with E-state index in [1.165, 1.54) is 0 Å². The Labute approximate surface area is 122 Å². The molecule has 2 aromatic rings. The molecule has 0 amide bonds. The van der Waals surface area contributed by atoms with E-state index in [4.69, 9.17) is 0 Å². The third-order valence-electron chi connectivity index (χ3n) is 3.46. The maximum atomic E-state index is 11.0. The van der Waals surface area contributed by atoms with Crippen LogP contribution in [0.25, 0.3) is 10.8 Å². The van der Waals surface area contributed by atoms with Crippen molar-refractivity contribution in [1.29, 1.82) is 0 Å². The highest BCUT2D eigenvalue weighted by atomic mass is 32.2. The third-order valence-corrected chi connectivity index (χ3v) is 4.32. The summed E-state index contributed by atoms with van der Waals surface area (Å²) in [6, 6.07) is 11.9. The topological polar surface area (TPSA) is 49.3 Å². The summed E-state index contributed by atoms with van der Waals surface area (Å²) in [7, 11) is -0.737. The monoisotopic (exact) mass is 291 g/mol. The Morgan fingerprint density at radius 2 is 2.00 bits per heavy atom. The summed E-state index contributed by atoms with van der Waals surface area (Å²) in [4.78, 5) is 0. The molecule has 0 aliphatic rings. The molecule has 0 radical (unpaired) electrons. The Bertz CT molecular complexity index is 612. The molecular formula is C16H21NO2S. The Kier molecular flexibility index (Phi) is 5.15. The van der Waals surface area contributed by atoms with Gasteiger partial charge in [0.1, 0.15) is 5.75 Å². The van der Waals surface area contributed by atoms with E-state index in [1.807, 2.05) is 43.3 Å². The van der Waals surface area contributed by atoms with Gasteiger partial charge in [-0.2, -0.15) is 0 Å². The second kappa shape index (κ2) is 6.86. The smallest absolute Gasteiger partial charge is 0.128 e. The minimum absolute atomic E-state index is 0.0740. The lowest BCUT2D eigenvalue weighted by atomic mass is 10.0. The van der Waals surface area contributed by atoms with Gasteiger partial charge >= 0.3 is 0 Å². The number of aromatic hydroxyl groups is 1. The third kappa shape index (κ3) is 3.58. The summed E-state index contributed by atoms with van der Waals surface area (Å²) in [5.74, 6) is 1.06. The molecule has 0 saturated carbocycles. The van der Waals surface area contributed by atoms with Crippen molar-refractivity contribution in [3.8, 4) is 5.75 Å². The average molecular weight is 291 g/mol. The summed E-state index contributed by atoms with van der Waals surface area (Å²) in [6.07, 6.45) is 2.60. The van der Waals surface area contributed by atoms with Crippen molar-refractivity contribution >= 4 is 21.6 Å². The van der Waals surface area contributed by atoms with Gasteiger partial charge < -0.3 is 10.4 Å². The van der Waals surface area contributed by atoms with Gasteiger partial charge in [0.25, 0.3) is 0 Å². The van der Waals surface area contributed by atoms with Crippen molar-refractivity contribution in [3.63, 3.8) is 0 Å². The average Bonchev–Trinajstić information content (AvgIpc) is 2.44. The van der Waals surface area contributed by atoms with Crippen molar-refractivity contribution in [1.82, 2.24) is 5.32 Å². The van der Waals surface area contributed by atoms with Crippen LogP contribution in [0.4, 0.5) is 0 Å². The molecule has 0 fully saturated rings. The van der Waals surface area contributed by atoms with Crippen molar-refractivity contribution in [2.75, 3.05) is 18.6 Å². The minimum atomic E-state index is -0.737. The first kappa shape index (κ1) is 15.0. The van der Waals surface area contributed by atoms with Crippen LogP contribution in [0.3, 0.4) is 0 Å². The maximum Gasteiger partial charge on any atom is 0.128 e. The van der Waals surface area contributed by atoms with Crippen molar-refractivity contribution in [2.24, 2.45) is 0 Å². The number of rotatable bonds is 6. The van der Waals surface area contributed by atoms with Crippen LogP contribution in [0.15, 0.2) is 36.4 Å². The molecule has 0 spiro atoms. The van der Waals surface area contributed by atoms with E-state index in [0.29, 0.717) is 11.5 Å². The number of phenolic OH excluding ortho intramolecular Hbond substituents is 1. The fourth-order valence-electron chi connectivity index (χ4n) is 2.33. The standard InChI is InChI=1S/C16H21NO2S/c1-12(17-10-5-11-20(2)19)14-9-8-13-6-3-4-7-15(13)16(14)18/h3-4,6-9,12,17-18H,5,10-11H2,1-2H3. The van der Waals surface area contributed by atoms with Gasteiger partial charge in [-0.25, -0.2) is 0 Å². The van der Waals surface area contributed by atoms with Crippen LogP contribution >= 0.6 is 0 Å².